The zero-order chi connectivity index (χ0) is 11.9. The van der Waals surface area contributed by atoms with Crippen molar-refractivity contribution in [1.29, 1.82) is 0 Å². The first-order valence-corrected chi connectivity index (χ1v) is 6.37. The van der Waals surface area contributed by atoms with Crippen molar-refractivity contribution in [1.82, 2.24) is 0 Å². The van der Waals surface area contributed by atoms with Gasteiger partial charge in [-0.2, -0.15) is 0 Å². The largest absolute Gasteiger partial charge is 0.362 e. The van der Waals surface area contributed by atoms with E-state index in [2.05, 4.69) is 42.4 Å². The van der Waals surface area contributed by atoms with E-state index in [4.69, 9.17) is 4.84 Å². The van der Waals surface area contributed by atoms with Crippen molar-refractivity contribution >= 4 is 6.21 Å². The van der Waals surface area contributed by atoms with Crippen LogP contribution in [0, 0.1) is 0 Å². The lowest BCUT2D eigenvalue weighted by Gasteiger charge is -2.09. The molecule has 0 atom stereocenters. The lowest BCUT2D eigenvalue weighted by Crippen LogP contribution is -1.93. The lowest BCUT2D eigenvalue weighted by atomic mass is 10.1. The molecule has 1 aliphatic rings. The molecular formula is C15H19NO. The fourth-order valence-corrected chi connectivity index (χ4v) is 1.89. The van der Waals surface area contributed by atoms with Crippen molar-refractivity contribution in [2.75, 3.05) is 0 Å². The minimum Gasteiger partial charge on any atom is -0.362 e. The van der Waals surface area contributed by atoms with Gasteiger partial charge < -0.3 is 4.84 Å². The second-order valence-corrected chi connectivity index (χ2v) is 4.34. The molecule has 0 aromatic heterocycles. The summed E-state index contributed by atoms with van der Waals surface area (Å²) in [6.45, 7) is 2.15. The van der Waals surface area contributed by atoms with Gasteiger partial charge in [-0.15, -0.1) is 0 Å². The summed E-state index contributed by atoms with van der Waals surface area (Å²) >= 11 is 0. The van der Waals surface area contributed by atoms with Crippen LogP contribution in [0.25, 0.3) is 0 Å². The molecule has 2 heteroatoms. The smallest absolute Gasteiger partial charge is 0.131 e. The fraction of sp³-hybridized carbons (Fsp3) is 0.400. The molecule has 0 amide bonds. The minimum absolute atomic E-state index is 1.01. The van der Waals surface area contributed by atoms with Crippen LogP contribution in [0.2, 0.25) is 0 Å². The quantitative estimate of drug-likeness (QED) is 0.563. The van der Waals surface area contributed by atoms with Gasteiger partial charge in [0.25, 0.3) is 0 Å². The Bertz CT molecular complexity index is 403. The van der Waals surface area contributed by atoms with Crippen LogP contribution in [-0.2, 0) is 11.3 Å². The lowest BCUT2D eigenvalue weighted by molar-refractivity contribution is 0.210. The molecule has 1 aromatic carbocycles. The van der Waals surface area contributed by atoms with Gasteiger partial charge in [0, 0.05) is 6.42 Å². The maximum atomic E-state index is 5.37. The summed E-state index contributed by atoms with van der Waals surface area (Å²) in [6.07, 6.45) is 9.61. The number of oxime groups is 1. The first-order valence-electron chi connectivity index (χ1n) is 6.37. The third kappa shape index (κ3) is 3.74. The average Bonchev–Trinajstić information content (AvgIpc) is 2.41. The molecule has 17 heavy (non-hydrogen) atoms. The Morgan fingerprint density at radius 3 is 2.71 bits per heavy atom. The van der Waals surface area contributed by atoms with Crippen LogP contribution in [0.1, 0.15) is 43.7 Å². The van der Waals surface area contributed by atoms with Crippen LogP contribution in [0.4, 0.5) is 0 Å². The highest BCUT2D eigenvalue weighted by Gasteiger charge is 2.03. The van der Waals surface area contributed by atoms with Crippen LogP contribution in [0.3, 0.4) is 0 Å². The Kier molecular flexibility index (Phi) is 4.37. The molecule has 0 N–H and O–H groups in total. The van der Waals surface area contributed by atoms with Crippen LogP contribution in [-0.4, -0.2) is 6.21 Å². The van der Waals surface area contributed by atoms with Gasteiger partial charge in [-0.25, -0.2) is 0 Å². The Hall–Kier alpha value is -1.57. The summed E-state index contributed by atoms with van der Waals surface area (Å²) < 4.78 is 0. The van der Waals surface area contributed by atoms with Crippen LogP contribution in [0.5, 0.6) is 0 Å². The van der Waals surface area contributed by atoms with E-state index in [9.17, 15) is 0 Å². The van der Waals surface area contributed by atoms with Crippen molar-refractivity contribution in [3.63, 3.8) is 0 Å². The van der Waals surface area contributed by atoms with Crippen molar-refractivity contribution in [2.45, 2.75) is 39.0 Å². The zero-order valence-corrected chi connectivity index (χ0v) is 10.4. The molecule has 0 aliphatic heterocycles. The number of aryl methyl sites for hydroxylation is 1. The average molecular weight is 229 g/mol. The number of hydrogen-bond acceptors (Lipinski definition) is 2. The highest BCUT2D eigenvalue weighted by molar-refractivity contribution is 5.79. The van der Waals surface area contributed by atoms with E-state index < -0.39 is 0 Å². The number of hydrogen-bond donors (Lipinski definition) is 0. The van der Waals surface area contributed by atoms with E-state index in [0.717, 1.165) is 30.6 Å². The maximum absolute atomic E-state index is 5.37. The molecule has 0 saturated carbocycles. The van der Waals surface area contributed by atoms with Crippen LogP contribution in [0.15, 0.2) is 41.3 Å². The second-order valence-electron chi connectivity index (χ2n) is 4.34. The molecule has 0 unspecified atom stereocenters. The van der Waals surface area contributed by atoms with Gasteiger partial charge in [-0.1, -0.05) is 36.3 Å². The SMILES string of the molecule is CCc1ccc(C=NOC2=CCCCC2)cc1. The third-order valence-electron chi connectivity index (χ3n) is 3.01. The highest BCUT2D eigenvalue weighted by Crippen LogP contribution is 2.18. The molecule has 2 nitrogen and oxygen atoms in total. The molecular weight excluding hydrogens is 210 g/mol. The molecule has 90 valence electrons. The van der Waals surface area contributed by atoms with Crippen molar-refractivity contribution in [3.05, 3.63) is 47.2 Å². The van der Waals surface area contributed by atoms with Crippen LogP contribution >= 0.6 is 0 Å². The van der Waals surface area contributed by atoms with E-state index in [1.165, 1.54) is 18.4 Å². The molecule has 0 spiro atoms. The van der Waals surface area contributed by atoms with Crippen molar-refractivity contribution in [3.8, 4) is 0 Å². The summed E-state index contributed by atoms with van der Waals surface area (Å²) in [5, 5.41) is 4.03. The molecule has 1 aliphatic carbocycles. The third-order valence-corrected chi connectivity index (χ3v) is 3.01. The fourth-order valence-electron chi connectivity index (χ4n) is 1.89. The Labute approximate surface area is 103 Å². The summed E-state index contributed by atoms with van der Waals surface area (Å²) in [4.78, 5) is 5.37. The van der Waals surface area contributed by atoms with Crippen molar-refractivity contribution in [2.24, 2.45) is 5.16 Å². The first kappa shape index (κ1) is 11.9. The molecule has 1 aromatic rings. The Morgan fingerprint density at radius 1 is 1.24 bits per heavy atom. The van der Waals surface area contributed by atoms with Crippen molar-refractivity contribution < 1.29 is 4.84 Å². The molecule has 0 radical (unpaired) electrons. The van der Waals surface area contributed by atoms with Crippen LogP contribution < -0.4 is 0 Å². The molecule has 0 heterocycles. The number of benzene rings is 1. The molecule has 0 saturated heterocycles. The Balaban J connectivity index is 1.88. The predicted molar refractivity (Wildman–Crippen MR) is 71.1 cm³/mol. The van der Waals surface area contributed by atoms with E-state index in [-0.39, 0.29) is 0 Å². The monoisotopic (exact) mass is 229 g/mol. The van der Waals surface area contributed by atoms with Gasteiger partial charge in [0.2, 0.25) is 0 Å². The Morgan fingerprint density at radius 2 is 2.06 bits per heavy atom. The summed E-state index contributed by atoms with van der Waals surface area (Å²) in [7, 11) is 0. The second kappa shape index (κ2) is 6.24. The normalized spacial score (nSPS) is 15.9. The first-order chi connectivity index (χ1) is 8.38. The van der Waals surface area contributed by atoms with Gasteiger partial charge >= 0.3 is 0 Å². The standard InChI is InChI=1S/C15H19NO/c1-2-13-8-10-14(11-9-13)12-16-17-15-6-4-3-5-7-15/h6,8-12H,2-5,7H2,1H3. The molecule has 0 bridgehead atoms. The summed E-state index contributed by atoms with van der Waals surface area (Å²) in [6, 6.07) is 8.39. The highest BCUT2D eigenvalue weighted by atomic mass is 16.6. The summed E-state index contributed by atoms with van der Waals surface area (Å²) in [5.41, 5.74) is 2.43. The van der Waals surface area contributed by atoms with Gasteiger partial charge in [0.05, 0.1) is 6.21 Å². The molecule has 2 rings (SSSR count). The number of rotatable bonds is 4. The minimum atomic E-state index is 1.01. The number of allylic oxidation sites excluding steroid dienone is 2. The topological polar surface area (TPSA) is 21.6 Å². The van der Waals surface area contributed by atoms with Gasteiger partial charge in [-0.3, -0.25) is 0 Å². The van der Waals surface area contributed by atoms with Gasteiger partial charge in [-0.05, 0) is 42.9 Å². The van der Waals surface area contributed by atoms with E-state index in [1.54, 1.807) is 6.21 Å². The zero-order valence-electron chi connectivity index (χ0n) is 10.4. The predicted octanol–water partition coefficient (Wildman–Crippen LogP) is 4.06. The van der Waals surface area contributed by atoms with E-state index in [0.29, 0.717) is 0 Å². The van der Waals surface area contributed by atoms with Gasteiger partial charge in [0.15, 0.2) is 0 Å². The van der Waals surface area contributed by atoms with E-state index in [1.807, 2.05) is 0 Å². The van der Waals surface area contributed by atoms with Gasteiger partial charge in [0.1, 0.15) is 5.76 Å². The molecule has 0 fully saturated rings. The maximum Gasteiger partial charge on any atom is 0.131 e. The van der Waals surface area contributed by atoms with E-state index >= 15 is 0 Å². The number of nitrogens with zero attached hydrogens (tertiary/aromatic N) is 1. The summed E-state index contributed by atoms with van der Waals surface area (Å²) in [5.74, 6) is 1.01.